The van der Waals surface area contributed by atoms with Gasteiger partial charge in [0, 0.05) is 11.8 Å². The van der Waals surface area contributed by atoms with Crippen LogP contribution < -0.4 is 18.9 Å². The quantitative estimate of drug-likeness (QED) is 0.706. The van der Waals surface area contributed by atoms with E-state index in [-0.39, 0.29) is 33.2 Å². The molecule has 1 atom stereocenters. The highest BCUT2D eigenvalue weighted by molar-refractivity contribution is 7.92. The molecule has 0 spiro atoms. The van der Waals surface area contributed by atoms with Crippen LogP contribution in [0.1, 0.15) is 40.7 Å². The maximum absolute atomic E-state index is 12.5. The SMILES string of the molecule is COc1csc(S(=O)(=O)NC(=O)COc2ccc(C)c3c2C(=O)CC3C)c1OC. The molecule has 8 nitrogen and oxygen atoms in total. The molecule has 1 amide bonds. The summed E-state index contributed by atoms with van der Waals surface area (Å²) < 4.78 is 42.4. The summed E-state index contributed by atoms with van der Waals surface area (Å²) in [7, 11) is -1.47. The number of carbonyl (C=O) groups is 2. The molecule has 1 aliphatic rings. The number of sulfonamides is 1. The number of Topliss-reactive ketones (excluding diaryl/α,β-unsaturated/α-hetero) is 1. The smallest absolute Gasteiger partial charge is 0.277 e. The molecule has 0 fully saturated rings. The molecule has 10 heteroatoms. The minimum atomic E-state index is -4.17. The Morgan fingerprint density at radius 2 is 1.97 bits per heavy atom. The topological polar surface area (TPSA) is 108 Å². The van der Waals surface area contributed by atoms with Crippen molar-refractivity contribution in [3.63, 3.8) is 0 Å². The molecule has 2 aromatic rings. The fourth-order valence-electron chi connectivity index (χ4n) is 3.42. The summed E-state index contributed by atoms with van der Waals surface area (Å²) in [6.07, 6.45) is 0.386. The van der Waals surface area contributed by atoms with Crippen molar-refractivity contribution in [2.24, 2.45) is 0 Å². The number of hydrogen-bond acceptors (Lipinski definition) is 8. The van der Waals surface area contributed by atoms with Crippen LogP contribution in [0, 0.1) is 6.92 Å². The predicted molar refractivity (Wildman–Crippen MR) is 107 cm³/mol. The molecule has 156 valence electrons. The number of nitrogens with one attached hydrogen (secondary N) is 1. The molecule has 1 N–H and O–H groups in total. The van der Waals surface area contributed by atoms with Crippen molar-refractivity contribution in [1.29, 1.82) is 0 Å². The number of rotatable bonds is 7. The minimum Gasteiger partial charge on any atom is -0.492 e. The Bertz CT molecular complexity index is 1070. The van der Waals surface area contributed by atoms with E-state index in [0.29, 0.717) is 12.0 Å². The molecule has 0 saturated heterocycles. The first-order valence-corrected chi connectivity index (χ1v) is 11.1. The van der Waals surface area contributed by atoms with Crippen LogP contribution in [0.3, 0.4) is 0 Å². The van der Waals surface area contributed by atoms with Crippen molar-refractivity contribution in [3.05, 3.63) is 34.2 Å². The number of hydrogen-bond donors (Lipinski definition) is 1. The highest BCUT2D eigenvalue weighted by atomic mass is 32.2. The van der Waals surface area contributed by atoms with Gasteiger partial charge in [0.25, 0.3) is 15.9 Å². The van der Waals surface area contributed by atoms with Gasteiger partial charge in [-0.2, -0.15) is 0 Å². The maximum atomic E-state index is 12.5. The average Bonchev–Trinajstić information content (AvgIpc) is 3.22. The monoisotopic (exact) mass is 439 g/mol. The van der Waals surface area contributed by atoms with Gasteiger partial charge in [0.05, 0.1) is 19.8 Å². The maximum Gasteiger partial charge on any atom is 0.277 e. The van der Waals surface area contributed by atoms with Crippen LogP contribution in [0.4, 0.5) is 0 Å². The molecule has 0 bridgehead atoms. The van der Waals surface area contributed by atoms with Crippen molar-refractivity contribution < 1.29 is 32.2 Å². The van der Waals surface area contributed by atoms with E-state index in [1.807, 2.05) is 24.6 Å². The number of benzene rings is 1. The van der Waals surface area contributed by atoms with Gasteiger partial charge in [-0.1, -0.05) is 13.0 Å². The first-order chi connectivity index (χ1) is 13.7. The van der Waals surface area contributed by atoms with Crippen LogP contribution in [0.5, 0.6) is 17.2 Å². The highest BCUT2D eigenvalue weighted by Crippen LogP contribution is 2.41. The number of amides is 1. The van der Waals surface area contributed by atoms with Crippen LogP contribution in [0.2, 0.25) is 0 Å². The van der Waals surface area contributed by atoms with Gasteiger partial charge in [-0.3, -0.25) is 9.59 Å². The lowest BCUT2D eigenvalue weighted by Crippen LogP contribution is -2.34. The Hall–Kier alpha value is -2.59. The standard InChI is InChI=1S/C19H21NO7S2/c1-10-5-6-13(17-12(21)7-11(2)16(10)17)27-8-15(22)20-29(23,24)19-18(26-4)14(25-3)9-28-19/h5-6,9,11H,7-8H2,1-4H3,(H,20,22). The molecule has 1 aliphatic carbocycles. The van der Waals surface area contributed by atoms with Crippen molar-refractivity contribution in [1.82, 2.24) is 4.72 Å². The Kier molecular flexibility index (Phi) is 5.85. The first-order valence-electron chi connectivity index (χ1n) is 8.74. The van der Waals surface area contributed by atoms with Crippen molar-refractivity contribution in [2.75, 3.05) is 20.8 Å². The second kappa shape index (κ2) is 8.03. The van der Waals surface area contributed by atoms with E-state index < -0.39 is 22.5 Å². The molecule has 1 aromatic heterocycles. The Morgan fingerprint density at radius 3 is 2.62 bits per heavy atom. The third-order valence-corrected chi connectivity index (χ3v) is 7.49. The van der Waals surface area contributed by atoms with Gasteiger partial charge in [0.2, 0.25) is 0 Å². The van der Waals surface area contributed by atoms with Gasteiger partial charge in [-0.15, -0.1) is 11.3 Å². The second-order valence-corrected chi connectivity index (χ2v) is 9.40. The molecule has 1 aromatic carbocycles. The van der Waals surface area contributed by atoms with Crippen molar-refractivity contribution in [3.8, 4) is 17.2 Å². The fourth-order valence-corrected chi connectivity index (χ4v) is 5.79. The normalized spacial score (nSPS) is 15.7. The third kappa shape index (κ3) is 3.95. The van der Waals surface area contributed by atoms with Crippen LogP contribution >= 0.6 is 11.3 Å². The molecule has 0 saturated carbocycles. The lowest BCUT2D eigenvalue weighted by molar-refractivity contribution is -0.121. The van der Waals surface area contributed by atoms with Crippen molar-refractivity contribution in [2.45, 2.75) is 30.4 Å². The number of carbonyl (C=O) groups excluding carboxylic acids is 2. The summed E-state index contributed by atoms with van der Waals surface area (Å²) in [6, 6.07) is 3.44. The summed E-state index contributed by atoms with van der Waals surface area (Å²) in [5.41, 5.74) is 2.37. The molecule has 0 radical (unpaired) electrons. The van der Waals surface area contributed by atoms with E-state index in [9.17, 15) is 18.0 Å². The zero-order chi connectivity index (χ0) is 21.3. The largest absolute Gasteiger partial charge is 0.492 e. The first kappa shape index (κ1) is 21.1. The van der Waals surface area contributed by atoms with Gasteiger partial charge in [-0.05, 0) is 30.0 Å². The lowest BCUT2D eigenvalue weighted by Gasteiger charge is -2.13. The zero-order valence-electron chi connectivity index (χ0n) is 16.4. The second-order valence-electron chi connectivity index (χ2n) is 6.64. The van der Waals surface area contributed by atoms with E-state index in [4.69, 9.17) is 14.2 Å². The number of methoxy groups -OCH3 is 2. The number of thiophene rings is 1. The summed E-state index contributed by atoms with van der Waals surface area (Å²) in [6.45, 7) is 3.32. The Morgan fingerprint density at radius 1 is 1.24 bits per heavy atom. The summed E-state index contributed by atoms with van der Waals surface area (Å²) in [5.74, 6) is -0.277. The van der Waals surface area contributed by atoms with E-state index in [1.165, 1.54) is 19.6 Å². The number of ether oxygens (including phenoxy) is 3. The zero-order valence-corrected chi connectivity index (χ0v) is 18.0. The van der Waals surface area contributed by atoms with Crippen LogP contribution in [-0.2, 0) is 14.8 Å². The van der Waals surface area contributed by atoms with E-state index in [2.05, 4.69) is 0 Å². The Balaban J connectivity index is 1.75. The van der Waals surface area contributed by atoms with Gasteiger partial charge in [-0.25, -0.2) is 13.1 Å². The van der Waals surface area contributed by atoms with Crippen LogP contribution in [0.25, 0.3) is 0 Å². The molecule has 29 heavy (non-hydrogen) atoms. The van der Waals surface area contributed by atoms with Gasteiger partial charge >= 0.3 is 0 Å². The van der Waals surface area contributed by atoms with Gasteiger partial charge in [0.15, 0.2) is 28.1 Å². The number of fused-ring (bicyclic) bond motifs is 1. The summed E-state index contributed by atoms with van der Waals surface area (Å²) >= 11 is 0.869. The summed E-state index contributed by atoms with van der Waals surface area (Å²) in [5, 5.41) is 1.47. The van der Waals surface area contributed by atoms with E-state index in [0.717, 1.165) is 22.5 Å². The Labute approximate surface area is 172 Å². The van der Waals surface area contributed by atoms with E-state index >= 15 is 0 Å². The average molecular weight is 440 g/mol. The lowest BCUT2D eigenvalue weighted by atomic mass is 9.97. The highest BCUT2D eigenvalue weighted by Gasteiger charge is 2.32. The van der Waals surface area contributed by atoms with Crippen molar-refractivity contribution >= 4 is 33.1 Å². The van der Waals surface area contributed by atoms with Gasteiger partial charge in [0.1, 0.15) is 5.75 Å². The molecule has 1 unspecified atom stereocenters. The third-order valence-electron chi connectivity index (χ3n) is 4.65. The number of ketones is 1. The predicted octanol–water partition coefficient (Wildman–Crippen LogP) is 2.65. The molecule has 1 heterocycles. The molecular formula is C19H21NO7S2. The minimum absolute atomic E-state index is 0.0228. The van der Waals surface area contributed by atoms with Crippen LogP contribution in [0.15, 0.2) is 21.7 Å². The summed E-state index contributed by atoms with van der Waals surface area (Å²) in [4.78, 5) is 24.5. The molecule has 0 aliphatic heterocycles. The van der Waals surface area contributed by atoms with Gasteiger partial charge < -0.3 is 14.2 Å². The van der Waals surface area contributed by atoms with Crippen LogP contribution in [-0.4, -0.2) is 40.9 Å². The molecule has 3 rings (SSSR count). The van der Waals surface area contributed by atoms with E-state index in [1.54, 1.807) is 6.07 Å². The molecular weight excluding hydrogens is 418 g/mol. The number of aryl methyl sites for hydroxylation is 1. The fraction of sp³-hybridized carbons (Fsp3) is 0.368.